The average Bonchev–Trinajstić information content (AvgIpc) is 2.85. The van der Waals surface area contributed by atoms with E-state index in [1.165, 1.54) is 0 Å². The van der Waals surface area contributed by atoms with Crippen LogP contribution in [0.25, 0.3) is 11.3 Å². The summed E-state index contributed by atoms with van der Waals surface area (Å²) in [6.07, 6.45) is 5.97. The van der Waals surface area contributed by atoms with E-state index >= 15 is 0 Å². The van der Waals surface area contributed by atoms with Crippen LogP contribution in [0.2, 0.25) is 0 Å². The highest BCUT2D eigenvalue weighted by Crippen LogP contribution is 2.30. The fourth-order valence-electron chi connectivity index (χ4n) is 2.18. The smallest absolute Gasteiger partial charge is 0.0954 e. The lowest BCUT2D eigenvalue weighted by atomic mass is 10.1. The van der Waals surface area contributed by atoms with E-state index in [1.54, 1.807) is 0 Å². The Bertz CT molecular complexity index is 507. The molecule has 0 amide bonds. The van der Waals surface area contributed by atoms with Crippen molar-refractivity contribution in [3.05, 3.63) is 41.3 Å². The van der Waals surface area contributed by atoms with E-state index in [2.05, 4.69) is 38.5 Å². The summed E-state index contributed by atoms with van der Waals surface area (Å²) >= 11 is 3.59. The number of aromatic nitrogens is 2. The third-order valence-corrected chi connectivity index (χ3v) is 3.79. The molecule has 2 N–H and O–H groups in total. The van der Waals surface area contributed by atoms with Gasteiger partial charge in [0.25, 0.3) is 0 Å². The van der Waals surface area contributed by atoms with Crippen LogP contribution in [-0.4, -0.2) is 16.1 Å². The van der Waals surface area contributed by atoms with Gasteiger partial charge in [0.15, 0.2) is 0 Å². The number of hydrogen-bond acceptors (Lipinski definition) is 2. The zero-order chi connectivity index (χ0) is 13.0. The van der Waals surface area contributed by atoms with Crippen LogP contribution in [0.15, 0.2) is 41.3 Å². The molecule has 18 heavy (non-hydrogen) atoms. The van der Waals surface area contributed by atoms with E-state index in [0.29, 0.717) is 12.6 Å². The van der Waals surface area contributed by atoms with Gasteiger partial charge in [-0.1, -0.05) is 47.5 Å². The Morgan fingerprint density at radius 3 is 2.83 bits per heavy atom. The standard InChI is InChI=1S/C14H18BrN3/c1-2-5-11(8-16)18-10-17-9-14(18)12-6-3-4-7-13(12)15/h3-4,6-7,9-11H,2,5,8,16H2,1H3. The van der Waals surface area contributed by atoms with E-state index < -0.39 is 0 Å². The molecule has 96 valence electrons. The zero-order valence-corrected chi connectivity index (χ0v) is 12.1. The predicted molar refractivity (Wildman–Crippen MR) is 78.4 cm³/mol. The van der Waals surface area contributed by atoms with Gasteiger partial charge in [-0.05, 0) is 12.5 Å². The molecule has 0 bridgehead atoms. The molecule has 0 aliphatic heterocycles. The van der Waals surface area contributed by atoms with Crippen LogP contribution in [-0.2, 0) is 0 Å². The van der Waals surface area contributed by atoms with Gasteiger partial charge in [0.2, 0.25) is 0 Å². The maximum absolute atomic E-state index is 5.87. The van der Waals surface area contributed by atoms with Crippen molar-refractivity contribution in [1.29, 1.82) is 0 Å². The molecule has 0 aliphatic rings. The predicted octanol–water partition coefficient (Wildman–Crippen LogP) is 3.61. The second-order valence-electron chi connectivity index (χ2n) is 4.34. The summed E-state index contributed by atoms with van der Waals surface area (Å²) in [5.41, 5.74) is 8.15. The van der Waals surface area contributed by atoms with Crippen molar-refractivity contribution in [2.24, 2.45) is 5.73 Å². The minimum atomic E-state index is 0.319. The van der Waals surface area contributed by atoms with Crippen LogP contribution in [0.1, 0.15) is 25.8 Å². The number of nitrogens with two attached hydrogens (primary N) is 1. The Morgan fingerprint density at radius 2 is 2.17 bits per heavy atom. The van der Waals surface area contributed by atoms with Crippen molar-refractivity contribution in [3.63, 3.8) is 0 Å². The molecule has 0 saturated heterocycles. The van der Waals surface area contributed by atoms with Gasteiger partial charge in [-0.3, -0.25) is 0 Å². The molecule has 0 aliphatic carbocycles. The van der Waals surface area contributed by atoms with Crippen LogP contribution in [0.4, 0.5) is 0 Å². The molecule has 2 rings (SSSR count). The molecule has 1 aromatic carbocycles. The SMILES string of the molecule is CCCC(CN)n1cncc1-c1ccccc1Br. The fraction of sp³-hybridized carbons (Fsp3) is 0.357. The molecule has 1 unspecified atom stereocenters. The molecule has 1 heterocycles. The second-order valence-corrected chi connectivity index (χ2v) is 5.20. The van der Waals surface area contributed by atoms with E-state index in [9.17, 15) is 0 Å². The van der Waals surface area contributed by atoms with Crippen LogP contribution >= 0.6 is 15.9 Å². The number of nitrogens with zero attached hydrogens (tertiary/aromatic N) is 2. The first-order valence-corrected chi connectivity index (χ1v) is 7.04. The van der Waals surface area contributed by atoms with E-state index in [-0.39, 0.29) is 0 Å². The summed E-state index contributed by atoms with van der Waals surface area (Å²) < 4.78 is 3.27. The zero-order valence-electron chi connectivity index (χ0n) is 10.5. The molecule has 0 saturated carbocycles. The van der Waals surface area contributed by atoms with E-state index in [4.69, 9.17) is 5.73 Å². The maximum atomic E-state index is 5.87. The first kappa shape index (κ1) is 13.3. The molecule has 2 aromatic rings. The van der Waals surface area contributed by atoms with Gasteiger partial charge >= 0.3 is 0 Å². The van der Waals surface area contributed by atoms with E-state index in [1.807, 2.05) is 30.7 Å². The molecule has 0 radical (unpaired) electrons. The number of hydrogen-bond donors (Lipinski definition) is 1. The molecule has 3 nitrogen and oxygen atoms in total. The van der Waals surface area contributed by atoms with Gasteiger partial charge in [0.1, 0.15) is 0 Å². The van der Waals surface area contributed by atoms with Crippen molar-refractivity contribution in [2.45, 2.75) is 25.8 Å². The molecular weight excluding hydrogens is 290 g/mol. The van der Waals surface area contributed by atoms with Crippen molar-refractivity contribution in [3.8, 4) is 11.3 Å². The van der Waals surface area contributed by atoms with Gasteiger partial charge in [-0.25, -0.2) is 4.98 Å². The van der Waals surface area contributed by atoms with Crippen LogP contribution in [0.3, 0.4) is 0 Å². The number of rotatable bonds is 5. The molecule has 0 spiro atoms. The molecule has 1 aromatic heterocycles. The Hall–Kier alpha value is -1.13. The average molecular weight is 308 g/mol. The lowest BCUT2D eigenvalue weighted by Crippen LogP contribution is -2.19. The lowest BCUT2D eigenvalue weighted by molar-refractivity contribution is 0.473. The highest BCUT2D eigenvalue weighted by molar-refractivity contribution is 9.10. The van der Waals surface area contributed by atoms with Gasteiger partial charge in [-0.15, -0.1) is 0 Å². The van der Waals surface area contributed by atoms with Crippen molar-refractivity contribution >= 4 is 15.9 Å². The minimum absolute atomic E-state index is 0.319. The third-order valence-electron chi connectivity index (χ3n) is 3.10. The second kappa shape index (κ2) is 6.16. The van der Waals surface area contributed by atoms with Crippen LogP contribution in [0, 0.1) is 0 Å². The highest BCUT2D eigenvalue weighted by atomic mass is 79.9. The normalized spacial score (nSPS) is 12.6. The highest BCUT2D eigenvalue weighted by Gasteiger charge is 2.14. The third kappa shape index (κ3) is 2.65. The fourth-order valence-corrected chi connectivity index (χ4v) is 2.66. The summed E-state index contributed by atoms with van der Waals surface area (Å²) in [4.78, 5) is 4.28. The van der Waals surface area contributed by atoms with Crippen molar-refractivity contribution < 1.29 is 0 Å². The quantitative estimate of drug-likeness (QED) is 0.917. The van der Waals surface area contributed by atoms with Crippen LogP contribution in [0.5, 0.6) is 0 Å². The number of imidazole rings is 1. The topological polar surface area (TPSA) is 43.8 Å². The Morgan fingerprint density at radius 1 is 1.39 bits per heavy atom. The summed E-state index contributed by atoms with van der Waals surface area (Å²) in [6, 6.07) is 8.51. The Balaban J connectivity index is 2.41. The number of benzene rings is 1. The summed E-state index contributed by atoms with van der Waals surface area (Å²) in [5, 5.41) is 0. The Labute approximate surface area is 116 Å². The minimum Gasteiger partial charge on any atom is -0.328 e. The van der Waals surface area contributed by atoms with Gasteiger partial charge in [-0.2, -0.15) is 0 Å². The first-order valence-electron chi connectivity index (χ1n) is 6.24. The van der Waals surface area contributed by atoms with Crippen molar-refractivity contribution in [1.82, 2.24) is 9.55 Å². The van der Waals surface area contributed by atoms with E-state index in [0.717, 1.165) is 28.6 Å². The largest absolute Gasteiger partial charge is 0.328 e. The molecule has 0 fully saturated rings. The van der Waals surface area contributed by atoms with Crippen molar-refractivity contribution in [2.75, 3.05) is 6.54 Å². The first-order chi connectivity index (χ1) is 8.77. The summed E-state index contributed by atoms with van der Waals surface area (Å²) in [5.74, 6) is 0. The van der Waals surface area contributed by atoms with Gasteiger partial charge < -0.3 is 10.3 Å². The Kier molecular flexibility index (Phi) is 4.55. The van der Waals surface area contributed by atoms with Gasteiger partial charge in [0, 0.05) is 22.6 Å². The molecule has 4 heteroatoms. The maximum Gasteiger partial charge on any atom is 0.0954 e. The summed E-state index contributed by atoms with van der Waals surface area (Å²) in [7, 11) is 0. The molecule has 1 atom stereocenters. The van der Waals surface area contributed by atoms with Gasteiger partial charge in [0.05, 0.1) is 18.2 Å². The molecular formula is C14H18BrN3. The summed E-state index contributed by atoms with van der Waals surface area (Å²) in [6.45, 7) is 2.82. The lowest BCUT2D eigenvalue weighted by Gasteiger charge is -2.19. The monoisotopic (exact) mass is 307 g/mol. The number of halogens is 1. The van der Waals surface area contributed by atoms with Crippen LogP contribution < -0.4 is 5.73 Å².